The molecule has 0 radical (unpaired) electrons. The number of aliphatic carboxylic acids is 1. The predicted octanol–water partition coefficient (Wildman–Crippen LogP) is 5.97. The van der Waals surface area contributed by atoms with Crippen LogP contribution in [0.3, 0.4) is 0 Å². The number of carbonyl (C=O) groups is 2. The van der Waals surface area contributed by atoms with Crippen molar-refractivity contribution < 1.29 is 24.2 Å². The van der Waals surface area contributed by atoms with Gasteiger partial charge in [0.1, 0.15) is 17.8 Å². The zero-order chi connectivity index (χ0) is 25.8. The third-order valence-electron chi connectivity index (χ3n) is 7.36. The Labute approximate surface area is 224 Å². The van der Waals surface area contributed by atoms with Gasteiger partial charge < -0.3 is 19.5 Å². The topological polar surface area (TPSA) is 89.0 Å². The first-order valence-electron chi connectivity index (χ1n) is 12.5. The molecule has 8 heteroatoms. The summed E-state index contributed by atoms with van der Waals surface area (Å²) in [5, 5.41) is 9.30. The highest BCUT2D eigenvalue weighted by Gasteiger charge is 2.37. The van der Waals surface area contributed by atoms with Gasteiger partial charge in [0.15, 0.2) is 0 Å². The number of carboxylic acids is 1. The first kappa shape index (κ1) is 25.4. The van der Waals surface area contributed by atoms with Crippen molar-refractivity contribution in [1.29, 1.82) is 0 Å². The van der Waals surface area contributed by atoms with Gasteiger partial charge in [0.2, 0.25) is 0 Å². The highest BCUT2D eigenvalue weighted by molar-refractivity contribution is 9.10. The van der Waals surface area contributed by atoms with Gasteiger partial charge >= 0.3 is 12.1 Å². The number of aromatic nitrogens is 1. The van der Waals surface area contributed by atoms with Crippen LogP contribution in [0, 0.1) is 0 Å². The summed E-state index contributed by atoms with van der Waals surface area (Å²) in [6.07, 6.45) is 4.01. The van der Waals surface area contributed by atoms with Gasteiger partial charge in [-0.3, -0.25) is 0 Å². The second kappa shape index (κ2) is 11.0. The molecule has 0 saturated carbocycles. The van der Waals surface area contributed by atoms with Crippen LogP contribution in [0.15, 0.2) is 71.5 Å². The molecule has 3 aromatic rings. The van der Waals surface area contributed by atoms with Crippen molar-refractivity contribution in [2.75, 3.05) is 26.3 Å². The van der Waals surface area contributed by atoms with E-state index < -0.39 is 18.2 Å². The van der Waals surface area contributed by atoms with E-state index >= 15 is 0 Å². The second-order valence-corrected chi connectivity index (χ2v) is 10.4. The van der Waals surface area contributed by atoms with Crippen molar-refractivity contribution in [2.45, 2.75) is 37.2 Å². The van der Waals surface area contributed by atoms with Crippen LogP contribution in [-0.4, -0.2) is 53.4 Å². The molecule has 1 saturated heterocycles. The standard InChI is InChI=1S/C29H29BrN2O5/c30-26-12-11-20(17-31-26)29(37-19-27(33)34)13-5-6-15-32(16-14-29)28(35)36-18-25-23-9-3-1-7-21(23)22-8-2-4-10-24(22)25/h1-4,7-12,17,25H,5-6,13-16,18-19H2,(H,33,34). The molecular formula is C29H29BrN2O5. The summed E-state index contributed by atoms with van der Waals surface area (Å²) in [6, 6.07) is 20.3. The van der Waals surface area contributed by atoms with E-state index in [0.717, 1.165) is 18.4 Å². The summed E-state index contributed by atoms with van der Waals surface area (Å²) in [4.78, 5) is 30.7. The molecule has 0 spiro atoms. The molecule has 1 amide bonds. The minimum atomic E-state index is -1.03. The molecule has 2 heterocycles. The van der Waals surface area contributed by atoms with Crippen LogP contribution in [0.4, 0.5) is 4.79 Å². The molecule has 1 aliphatic heterocycles. The quantitative estimate of drug-likeness (QED) is 0.371. The van der Waals surface area contributed by atoms with Gasteiger partial charge in [-0.2, -0.15) is 0 Å². The molecular weight excluding hydrogens is 536 g/mol. The molecule has 7 nitrogen and oxygen atoms in total. The average Bonchev–Trinajstić information content (AvgIpc) is 3.21. The van der Waals surface area contributed by atoms with Crippen LogP contribution < -0.4 is 0 Å². The Hall–Kier alpha value is -3.23. The monoisotopic (exact) mass is 564 g/mol. The maximum absolute atomic E-state index is 13.3. The van der Waals surface area contributed by atoms with Gasteiger partial charge in [-0.1, -0.05) is 54.6 Å². The molecule has 0 bridgehead atoms. The Morgan fingerprint density at radius 3 is 2.32 bits per heavy atom. The van der Waals surface area contributed by atoms with Crippen molar-refractivity contribution in [1.82, 2.24) is 9.88 Å². The van der Waals surface area contributed by atoms with Crippen LogP contribution in [0.25, 0.3) is 11.1 Å². The number of halogens is 1. The highest BCUT2D eigenvalue weighted by atomic mass is 79.9. The summed E-state index contributed by atoms with van der Waals surface area (Å²) in [5.74, 6) is -1.03. The lowest BCUT2D eigenvalue weighted by atomic mass is 9.84. The Morgan fingerprint density at radius 2 is 1.68 bits per heavy atom. The molecule has 1 atom stereocenters. The van der Waals surface area contributed by atoms with E-state index in [1.807, 2.05) is 36.4 Å². The predicted molar refractivity (Wildman–Crippen MR) is 142 cm³/mol. The van der Waals surface area contributed by atoms with Gasteiger partial charge in [0.25, 0.3) is 0 Å². The highest BCUT2D eigenvalue weighted by Crippen LogP contribution is 2.44. The molecule has 5 rings (SSSR count). The molecule has 192 valence electrons. The molecule has 1 aromatic heterocycles. The minimum Gasteiger partial charge on any atom is -0.480 e. The summed E-state index contributed by atoms with van der Waals surface area (Å²) in [7, 11) is 0. The lowest BCUT2D eigenvalue weighted by Crippen LogP contribution is -2.42. The summed E-state index contributed by atoms with van der Waals surface area (Å²) < 4.78 is 12.6. The average molecular weight is 565 g/mol. The fraction of sp³-hybridized carbons (Fsp3) is 0.345. The van der Waals surface area contributed by atoms with Gasteiger partial charge in [-0.25, -0.2) is 14.6 Å². The Kier molecular flexibility index (Phi) is 7.58. The molecule has 1 N–H and O–H groups in total. The van der Waals surface area contributed by atoms with E-state index in [1.54, 1.807) is 11.1 Å². The number of fused-ring (bicyclic) bond motifs is 3. The zero-order valence-electron chi connectivity index (χ0n) is 20.4. The molecule has 37 heavy (non-hydrogen) atoms. The number of nitrogens with zero attached hydrogens (tertiary/aromatic N) is 2. The lowest BCUT2D eigenvalue weighted by Gasteiger charge is -2.38. The molecule has 1 unspecified atom stereocenters. The molecule has 1 fully saturated rings. The van der Waals surface area contributed by atoms with Crippen LogP contribution in [0.2, 0.25) is 0 Å². The van der Waals surface area contributed by atoms with Gasteiger partial charge in [-0.05, 0) is 69.9 Å². The fourth-order valence-corrected chi connectivity index (χ4v) is 5.73. The third kappa shape index (κ3) is 5.40. The summed E-state index contributed by atoms with van der Waals surface area (Å²) in [5.41, 5.74) is 4.70. The van der Waals surface area contributed by atoms with Crippen molar-refractivity contribution in [2.24, 2.45) is 0 Å². The smallest absolute Gasteiger partial charge is 0.409 e. The van der Waals surface area contributed by atoms with Crippen LogP contribution in [0.1, 0.15) is 48.3 Å². The number of rotatable bonds is 6. The number of ether oxygens (including phenoxy) is 2. The van der Waals surface area contributed by atoms with E-state index in [0.29, 0.717) is 30.5 Å². The van der Waals surface area contributed by atoms with E-state index in [1.165, 1.54) is 22.3 Å². The molecule has 2 aliphatic rings. The van der Waals surface area contributed by atoms with Crippen LogP contribution in [0.5, 0.6) is 0 Å². The van der Waals surface area contributed by atoms with Gasteiger partial charge in [-0.15, -0.1) is 0 Å². The first-order chi connectivity index (χ1) is 18.0. The van der Waals surface area contributed by atoms with Gasteiger partial charge in [0, 0.05) is 30.8 Å². The normalized spacial score (nSPS) is 19.4. The summed E-state index contributed by atoms with van der Waals surface area (Å²) >= 11 is 3.36. The number of likely N-dealkylation sites (tertiary alicyclic amines) is 1. The second-order valence-electron chi connectivity index (χ2n) is 9.54. The lowest BCUT2D eigenvalue weighted by molar-refractivity contribution is -0.153. The van der Waals surface area contributed by atoms with Crippen LogP contribution >= 0.6 is 15.9 Å². The van der Waals surface area contributed by atoms with Crippen LogP contribution in [-0.2, 0) is 19.9 Å². The zero-order valence-corrected chi connectivity index (χ0v) is 22.0. The van der Waals surface area contributed by atoms with E-state index in [9.17, 15) is 14.7 Å². The number of amides is 1. The number of carbonyl (C=O) groups excluding carboxylic acids is 1. The van der Waals surface area contributed by atoms with E-state index in [4.69, 9.17) is 9.47 Å². The maximum Gasteiger partial charge on any atom is 0.409 e. The number of carboxylic acid groups (broad SMARTS) is 1. The molecule has 2 aromatic carbocycles. The fourth-order valence-electron chi connectivity index (χ4n) is 5.50. The number of hydrogen-bond donors (Lipinski definition) is 1. The maximum atomic E-state index is 13.3. The van der Waals surface area contributed by atoms with Crippen molar-refractivity contribution in [3.8, 4) is 11.1 Å². The Bertz CT molecular complexity index is 1240. The minimum absolute atomic E-state index is 0.00191. The largest absolute Gasteiger partial charge is 0.480 e. The number of pyridine rings is 1. The van der Waals surface area contributed by atoms with Crippen molar-refractivity contribution in [3.63, 3.8) is 0 Å². The Morgan fingerprint density at radius 1 is 0.973 bits per heavy atom. The third-order valence-corrected chi connectivity index (χ3v) is 7.83. The number of hydrogen-bond acceptors (Lipinski definition) is 5. The van der Waals surface area contributed by atoms with Gasteiger partial charge in [0.05, 0.1) is 5.60 Å². The van der Waals surface area contributed by atoms with E-state index in [2.05, 4.69) is 45.2 Å². The van der Waals surface area contributed by atoms with Crippen molar-refractivity contribution >= 4 is 28.0 Å². The first-order valence-corrected chi connectivity index (χ1v) is 13.3. The Balaban J connectivity index is 1.30. The van der Waals surface area contributed by atoms with Crippen molar-refractivity contribution in [3.05, 3.63) is 88.2 Å². The molecule has 1 aliphatic carbocycles. The SMILES string of the molecule is O=C(O)COC1(c2ccc(Br)nc2)CCCCN(C(=O)OCC2c3ccccc3-c3ccccc32)CC1. The summed E-state index contributed by atoms with van der Waals surface area (Å²) in [6.45, 7) is 0.832. The van der Waals surface area contributed by atoms with E-state index in [-0.39, 0.29) is 18.6 Å². The number of benzene rings is 2.